The number of nitrogens with zero attached hydrogens (tertiary/aromatic N) is 9. The zero-order valence-corrected chi connectivity index (χ0v) is 67.2. The molecule has 3 aliphatic heterocycles. The van der Waals surface area contributed by atoms with Crippen molar-refractivity contribution in [3.05, 3.63) is 0 Å². The molecule has 4 saturated carbocycles. The number of halogens is 7. The van der Waals surface area contributed by atoms with E-state index >= 15 is 38.4 Å². The summed E-state index contributed by atoms with van der Waals surface area (Å²) in [5.41, 5.74) is -2.10. The average molecular weight is 1570 g/mol. The highest BCUT2D eigenvalue weighted by molar-refractivity contribution is 6.21. The minimum absolute atomic E-state index is 0.00107. The van der Waals surface area contributed by atoms with Crippen LogP contribution in [-0.2, 0) is 62.3 Å². The fraction of sp³-hybridized carbons (Fsp3) is 0.844. The Morgan fingerprint density at radius 1 is 0.615 bits per heavy atom. The first kappa shape index (κ1) is 89.7. The molecule has 7 rings (SSSR count). The molecule has 3 unspecified atom stereocenters. The Bertz CT molecular complexity index is 3190. The highest BCUT2D eigenvalue weighted by atomic mass is 35.5. The monoisotopic (exact) mass is 1570 g/mol. The molecule has 618 valence electrons. The van der Waals surface area contributed by atoms with E-state index in [9.17, 15) is 45.5 Å². The van der Waals surface area contributed by atoms with Crippen molar-refractivity contribution < 1.29 is 88.6 Å². The number of carbonyl (C=O) groups excluding carboxylic acids is 12. The van der Waals surface area contributed by atoms with Crippen LogP contribution in [0.25, 0.3) is 0 Å². The molecular formula is C77H123ClF6N12O13. The SMILES string of the molecule is CC[C@H](C)[C@@H]1NC(=O)[C@H](CC(C)C)N(C)C(=O)C[C@@H](C(=O)N2CCOCC2)N(C)C(=O)[C@H](C2CCCC2)N(C)C(=O)C2(CCCC2)NC(=O)[C@@H]2CCCN2C(=O)[C@H](CCC2CCC(C(F)(F)F)C(Cl)C2)NC(=O)CN(C)C(=O)[C@H](CC2CCC(C(F)(F)F)CC2)N(CCC(C)(C)C)C(=O)CN(C)C(=O)CN(C)C1=O. The highest BCUT2D eigenvalue weighted by Gasteiger charge is 2.53. The fourth-order valence-electron chi connectivity index (χ4n) is 17.3. The van der Waals surface area contributed by atoms with Crippen molar-refractivity contribution in [3.8, 4) is 0 Å². The lowest BCUT2D eigenvalue weighted by molar-refractivity contribution is -0.184. The Labute approximate surface area is 644 Å². The minimum Gasteiger partial charge on any atom is -0.378 e. The van der Waals surface area contributed by atoms with Crippen LogP contribution < -0.4 is 16.0 Å². The Morgan fingerprint density at radius 2 is 1.22 bits per heavy atom. The molecule has 0 bridgehead atoms. The summed E-state index contributed by atoms with van der Waals surface area (Å²) in [6.07, 6.45) is -5.72. The zero-order chi connectivity index (χ0) is 80.9. The van der Waals surface area contributed by atoms with Crippen LogP contribution >= 0.6 is 11.6 Å². The number of likely N-dealkylation sites (N-methyl/N-ethyl adjacent to an activating group) is 6. The van der Waals surface area contributed by atoms with E-state index in [-0.39, 0.29) is 142 Å². The van der Waals surface area contributed by atoms with Gasteiger partial charge in [-0.15, -0.1) is 11.6 Å². The van der Waals surface area contributed by atoms with E-state index in [1.807, 2.05) is 34.6 Å². The third-order valence-corrected chi connectivity index (χ3v) is 24.9. The Morgan fingerprint density at radius 3 is 1.80 bits per heavy atom. The van der Waals surface area contributed by atoms with Gasteiger partial charge >= 0.3 is 12.4 Å². The molecular weight excluding hydrogens is 1450 g/mol. The van der Waals surface area contributed by atoms with Crippen molar-refractivity contribution >= 4 is 82.5 Å². The van der Waals surface area contributed by atoms with Crippen LogP contribution in [-0.4, -0.2) is 282 Å². The van der Waals surface area contributed by atoms with Gasteiger partial charge in [-0.05, 0) is 151 Å². The predicted octanol–water partition coefficient (Wildman–Crippen LogP) is 7.54. The normalized spacial score (nSPS) is 30.0. The Hall–Kier alpha value is -6.53. The molecule has 3 N–H and O–H groups in total. The molecule has 109 heavy (non-hydrogen) atoms. The predicted molar refractivity (Wildman–Crippen MR) is 395 cm³/mol. The minimum atomic E-state index is -4.56. The lowest BCUT2D eigenvalue weighted by atomic mass is 9.78. The van der Waals surface area contributed by atoms with Gasteiger partial charge in [0.1, 0.15) is 47.8 Å². The zero-order valence-electron chi connectivity index (χ0n) is 66.5. The van der Waals surface area contributed by atoms with Gasteiger partial charge in [0.15, 0.2) is 0 Å². The van der Waals surface area contributed by atoms with E-state index in [2.05, 4.69) is 16.0 Å². The molecule has 0 aromatic carbocycles. The molecule has 25 nitrogen and oxygen atoms in total. The molecule has 0 radical (unpaired) electrons. The van der Waals surface area contributed by atoms with Crippen LogP contribution in [0.2, 0.25) is 0 Å². The van der Waals surface area contributed by atoms with E-state index in [1.54, 1.807) is 13.8 Å². The van der Waals surface area contributed by atoms with Crippen molar-refractivity contribution in [1.82, 2.24) is 60.0 Å². The maximum Gasteiger partial charge on any atom is 0.393 e. The number of hydrogen-bond donors (Lipinski definition) is 3. The second kappa shape index (κ2) is 38.8. The number of amides is 12. The first-order valence-corrected chi connectivity index (χ1v) is 40.1. The molecule has 3 heterocycles. The van der Waals surface area contributed by atoms with Crippen molar-refractivity contribution in [2.45, 2.75) is 268 Å². The van der Waals surface area contributed by atoms with Gasteiger partial charge in [-0.1, -0.05) is 80.6 Å². The quantitative estimate of drug-likeness (QED) is 0.119. The Kier molecular flexibility index (Phi) is 31.9. The van der Waals surface area contributed by atoms with Crippen LogP contribution in [0.3, 0.4) is 0 Å². The Balaban J connectivity index is 1.31. The second-order valence-electron chi connectivity index (χ2n) is 34.1. The average Bonchev–Trinajstić information content (AvgIpc) is 1.70. The number of rotatable bonds is 13. The maximum absolute atomic E-state index is 15.8. The third-order valence-electron chi connectivity index (χ3n) is 24.4. The van der Waals surface area contributed by atoms with Gasteiger partial charge in [0.25, 0.3) is 0 Å². The van der Waals surface area contributed by atoms with E-state index < -0.39 is 203 Å². The molecule has 11 atom stereocenters. The lowest BCUT2D eigenvalue weighted by Crippen LogP contribution is -2.65. The van der Waals surface area contributed by atoms with Crippen LogP contribution in [0.15, 0.2) is 0 Å². The van der Waals surface area contributed by atoms with Crippen molar-refractivity contribution in [2.24, 2.45) is 46.8 Å². The summed E-state index contributed by atoms with van der Waals surface area (Å²) >= 11 is 6.42. The van der Waals surface area contributed by atoms with Crippen molar-refractivity contribution in [1.29, 1.82) is 0 Å². The van der Waals surface area contributed by atoms with Crippen LogP contribution in [0, 0.1) is 46.8 Å². The maximum atomic E-state index is 15.8. The van der Waals surface area contributed by atoms with E-state index in [0.717, 1.165) is 14.7 Å². The topological polar surface area (TPSA) is 279 Å². The van der Waals surface area contributed by atoms with Gasteiger partial charge in [0, 0.05) is 73.8 Å². The second-order valence-corrected chi connectivity index (χ2v) is 34.7. The summed E-state index contributed by atoms with van der Waals surface area (Å²) in [6, 6.07) is -9.33. The van der Waals surface area contributed by atoms with Crippen LogP contribution in [0.5, 0.6) is 0 Å². The molecule has 12 amide bonds. The van der Waals surface area contributed by atoms with Crippen LogP contribution in [0.1, 0.15) is 203 Å². The molecule has 7 fully saturated rings. The van der Waals surface area contributed by atoms with Gasteiger partial charge in [0.2, 0.25) is 70.9 Å². The molecule has 0 aromatic rings. The van der Waals surface area contributed by atoms with Gasteiger partial charge in [0.05, 0.1) is 51.1 Å². The number of carbonyl (C=O) groups is 12. The first-order valence-electron chi connectivity index (χ1n) is 39.7. The lowest BCUT2D eigenvalue weighted by Gasteiger charge is -2.42. The third kappa shape index (κ3) is 23.6. The summed E-state index contributed by atoms with van der Waals surface area (Å²) in [4.78, 5) is 193. The van der Waals surface area contributed by atoms with Gasteiger partial charge in [-0.25, -0.2) is 0 Å². The fourth-order valence-corrected chi connectivity index (χ4v) is 17.8. The van der Waals surface area contributed by atoms with Crippen molar-refractivity contribution in [3.63, 3.8) is 0 Å². The van der Waals surface area contributed by atoms with E-state index in [0.29, 0.717) is 51.4 Å². The summed E-state index contributed by atoms with van der Waals surface area (Å²) in [6.45, 7) is 11.4. The smallest absolute Gasteiger partial charge is 0.378 e. The highest BCUT2D eigenvalue weighted by Crippen LogP contribution is 2.45. The van der Waals surface area contributed by atoms with Crippen LogP contribution in [0.4, 0.5) is 26.3 Å². The largest absolute Gasteiger partial charge is 0.393 e. The summed E-state index contributed by atoms with van der Waals surface area (Å²) in [5, 5.41) is 7.45. The molecule has 3 saturated heterocycles. The standard InChI is InChI=1S/C77H123ClF6N12O13/c1-14-48(4)64-71(106)90(10)45-62(99)88(8)46-63(100)95(35-33-74(5,6)7)59(42-50-23-27-52(28-24-50)76(79,80)81)69(104)89(9)44-60(97)85-55(30-26-49-25-29-53(54(78)41-49)77(82,83)84)68(103)96-34-19-22-56(96)67(102)87-75(31-17-18-32-75)73(108)93(13)65(51-20-15-16-21-51)72(107)92(12)58(70(105)94-36-38-109-39-37-94)43-61(98)91(11)57(40-47(2)3)66(101)86-64/h47-59,64-65H,14-46H2,1-13H3,(H,85,97)(H,86,101)(H,87,102)/t48-,49?,50?,52?,53?,54?,55-,56-,57-,58-,59-,64-,65-/m0/s1. The molecule has 1 spiro atoms. The number of morpholine rings is 1. The summed E-state index contributed by atoms with van der Waals surface area (Å²) < 4.78 is 90.4. The molecule has 32 heteroatoms. The molecule has 4 aliphatic carbocycles. The van der Waals surface area contributed by atoms with Gasteiger partial charge < -0.3 is 64.8 Å². The molecule has 7 aliphatic rings. The van der Waals surface area contributed by atoms with Crippen molar-refractivity contribution in [2.75, 3.05) is 101 Å². The number of ether oxygens (including phenoxy) is 1. The number of hydrogen-bond acceptors (Lipinski definition) is 13. The number of nitrogens with one attached hydrogen (secondary N) is 3. The first-order chi connectivity index (χ1) is 51.0. The summed E-state index contributed by atoms with van der Waals surface area (Å²) in [5.74, 6) is -14.1. The van der Waals surface area contributed by atoms with Gasteiger partial charge in [-0.3, -0.25) is 57.5 Å². The van der Waals surface area contributed by atoms with E-state index in [4.69, 9.17) is 16.3 Å². The van der Waals surface area contributed by atoms with E-state index in [1.165, 1.54) is 71.7 Å². The molecule has 0 aromatic heterocycles. The summed E-state index contributed by atoms with van der Waals surface area (Å²) in [7, 11) is 8.25. The number of fused-ring (bicyclic) bond motifs is 1. The number of alkyl halides is 7. The van der Waals surface area contributed by atoms with Gasteiger partial charge in [-0.2, -0.15) is 26.3 Å².